The molecule has 0 heterocycles. The number of carboxylic acids is 2. The Labute approximate surface area is 349 Å². The van der Waals surface area contributed by atoms with E-state index in [9.17, 15) is 54.7 Å². The number of anilines is 4. The quantitative estimate of drug-likeness (QED) is 0.0427. The molecule has 0 radical (unpaired) electrons. The van der Waals surface area contributed by atoms with Crippen molar-refractivity contribution in [2.45, 2.75) is 0 Å². The minimum Gasteiger partial charge on any atom is -0.478 e. The number of nitrogens with one attached hydrogen (secondary N) is 4. The summed E-state index contributed by atoms with van der Waals surface area (Å²) in [6.07, 6.45) is 6.36. The molecule has 2 aliphatic rings. The number of ketones is 2. The number of benzene rings is 4. The maximum Gasteiger partial charge on any atom is 0.328 e. The van der Waals surface area contributed by atoms with Gasteiger partial charge < -0.3 is 20.8 Å². The molecule has 0 saturated carbocycles. The number of aliphatic carboxylic acids is 2. The van der Waals surface area contributed by atoms with E-state index in [1.54, 1.807) is 0 Å². The highest BCUT2D eigenvalue weighted by atomic mass is 32.2. The number of allylic oxidation sites excluding steroid dienone is 2. The average Bonchev–Trinajstić information content (AvgIpc) is 3.21. The van der Waals surface area contributed by atoms with Gasteiger partial charge >= 0.3 is 23.8 Å². The van der Waals surface area contributed by atoms with Crippen LogP contribution in [-0.4, -0.2) is 82.9 Å². The highest BCUT2D eigenvalue weighted by Crippen LogP contribution is 2.30. The second-order valence-electron chi connectivity index (χ2n) is 12.9. The first-order chi connectivity index (χ1) is 29.3. The van der Waals surface area contributed by atoms with E-state index in [1.165, 1.54) is 84.9 Å². The molecule has 0 fully saturated rings. The number of carboxylic acid groups (broad SMARTS) is 2. The third-order valence-corrected chi connectivity index (χ3v) is 10.3. The number of carbonyl (C=O) groups excluding carboxylic acids is 4. The van der Waals surface area contributed by atoms with Crippen molar-refractivity contribution in [3.05, 3.63) is 140 Å². The van der Waals surface area contributed by atoms with Crippen molar-refractivity contribution in [1.82, 2.24) is 0 Å². The van der Waals surface area contributed by atoms with Crippen LogP contribution in [0.5, 0.6) is 0 Å². The zero-order valence-electron chi connectivity index (χ0n) is 31.1. The van der Waals surface area contributed by atoms with Gasteiger partial charge in [-0.3, -0.25) is 39.1 Å². The summed E-state index contributed by atoms with van der Waals surface area (Å²) in [5, 5.41) is 29.9. The summed E-state index contributed by atoms with van der Waals surface area (Å²) in [6, 6.07) is 19.2. The first kappa shape index (κ1) is 43.4. The van der Waals surface area contributed by atoms with E-state index in [4.69, 9.17) is 10.2 Å². The van der Waals surface area contributed by atoms with Gasteiger partial charge in [-0.15, -0.1) is 0 Å². The Morgan fingerprint density at radius 2 is 0.855 bits per heavy atom. The second-order valence-corrected chi connectivity index (χ2v) is 15.6. The van der Waals surface area contributed by atoms with Gasteiger partial charge in [0.1, 0.15) is 9.81 Å². The molecule has 22 heteroatoms. The molecule has 8 N–H and O–H groups in total. The summed E-state index contributed by atoms with van der Waals surface area (Å²) < 4.78 is 69.3. The number of hydrogen-bond donors (Lipinski definition) is 8. The number of hydrogen-bond acceptors (Lipinski definition) is 14. The summed E-state index contributed by atoms with van der Waals surface area (Å²) in [4.78, 5) is 72.4. The lowest BCUT2D eigenvalue weighted by Crippen LogP contribution is -2.30. The monoisotopic (exact) mass is 880 g/mol. The Bertz CT molecular complexity index is 2820. The van der Waals surface area contributed by atoms with Gasteiger partial charge in [0.2, 0.25) is 11.6 Å². The lowest BCUT2D eigenvalue weighted by atomic mass is 9.94. The van der Waals surface area contributed by atoms with Crippen molar-refractivity contribution < 1.29 is 64.9 Å². The molecule has 2 aliphatic carbocycles. The predicted molar refractivity (Wildman–Crippen MR) is 226 cm³/mol. The fourth-order valence-corrected chi connectivity index (χ4v) is 7.04. The molecule has 0 spiro atoms. The number of Topliss-reactive ketones (excluding diaryl/α,β-unsaturated/α-hetero) is 2. The summed E-state index contributed by atoms with van der Waals surface area (Å²) >= 11 is 0. The first-order valence-corrected chi connectivity index (χ1v) is 20.2. The largest absolute Gasteiger partial charge is 0.478 e. The molecule has 20 nitrogen and oxygen atoms in total. The summed E-state index contributed by atoms with van der Waals surface area (Å²) in [6.45, 7) is 0. The van der Waals surface area contributed by atoms with Crippen LogP contribution in [0.2, 0.25) is 0 Å². The Hall–Kier alpha value is -8.18. The van der Waals surface area contributed by atoms with Crippen molar-refractivity contribution in [3.63, 3.8) is 0 Å². The fourth-order valence-electron chi connectivity index (χ4n) is 5.73. The van der Waals surface area contributed by atoms with Crippen molar-refractivity contribution in [3.8, 4) is 0 Å². The molecule has 4 aromatic carbocycles. The number of carbonyl (C=O) groups is 6. The highest BCUT2D eigenvalue weighted by Gasteiger charge is 2.34. The number of nitrogens with zero attached hydrogens (tertiary/aromatic N) is 2. The summed E-state index contributed by atoms with van der Waals surface area (Å²) in [5.41, 5.74) is 4.80. The molecule has 0 saturated heterocycles. The maximum atomic E-state index is 13.4. The minimum absolute atomic E-state index is 0.0726. The zero-order valence-corrected chi connectivity index (χ0v) is 32.8. The SMILES string of the molecule is O=C(O)/C=C/c1ccc(N/N=C2\C(=O)c3ccc(NC(=O)C(=O)Nc4ccc5c(c4)C=C(S(=O)(=O)O)/C(=N/Nc4ccc(/C=C/C(=O)O)cc4)C5=O)cc3C=C2S(=O)(=O)O)cc1. The van der Waals surface area contributed by atoms with E-state index in [1.807, 2.05) is 0 Å². The summed E-state index contributed by atoms with van der Waals surface area (Å²) in [5.74, 6) is -6.67. The number of fused-ring (bicyclic) bond motifs is 2. The topological polar surface area (TPSA) is 324 Å². The van der Waals surface area contributed by atoms with Crippen molar-refractivity contribution in [2.75, 3.05) is 21.5 Å². The van der Waals surface area contributed by atoms with Gasteiger partial charge in [0, 0.05) is 34.7 Å². The molecule has 0 aliphatic heterocycles. The molecule has 314 valence electrons. The molecule has 0 bridgehead atoms. The van der Waals surface area contributed by atoms with Crippen LogP contribution in [0.15, 0.2) is 117 Å². The number of rotatable bonds is 12. The fraction of sp³-hybridized carbons (Fsp3) is 0. The lowest BCUT2D eigenvalue weighted by molar-refractivity contribution is -0.132. The van der Waals surface area contributed by atoms with Crippen LogP contribution in [0.3, 0.4) is 0 Å². The van der Waals surface area contributed by atoms with E-state index in [0.717, 1.165) is 36.4 Å². The van der Waals surface area contributed by atoms with E-state index >= 15 is 0 Å². The van der Waals surface area contributed by atoms with Gasteiger partial charge in [-0.05, 0) is 107 Å². The Morgan fingerprint density at radius 3 is 1.18 bits per heavy atom. The molecule has 62 heavy (non-hydrogen) atoms. The second kappa shape index (κ2) is 17.6. The summed E-state index contributed by atoms with van der Waals surface area (Å²) in [7, 11) is -10.1. The predicted octanol–water partition coefficient (Wildman–Crippen LogP) is 4.25. The molecule has 0 unspecified atom stereocenters. The van der Waals surface area contributed by atoms with Gasteiger partial charge in [0.05, 0.1) is 11.4 Å². The third-order valence-electron chi connectivity index (χ3n) is 8.59. The van der Waals surface area contributed by atoms with Crippen molar-refractivity contribution in [2.24, 2.45) is 10.2 Å². The third kappa shape index (κ3) is 10.3. The van der Waals surface area contributed by atoms with Gasteiger partial charge in [-0.25, -0.2) is 9.59 Å². The molecule has 0 aromatic heterocycles. The normalized spacial score (nSPS) is 15.1. The van der Waals surface area contributed by atoms with Gasteiger partial charge in [-0.1, -0.05) is 24.3 Å². The van der Waals surface area contributed by atoms with Crippen molar-refractivity contribution in [1.29, 1.82) is 0 Å². The standard InChI is InChI=1S/C40H28N6O14S2/c47-33(48)15-5-21-1-7-25(8-2-21)43-45-35-31(61(55,56)57)19-23-17-27(11-13-29(23)37(35)51)41-39(53)40(54)42-28-12-14-30-24(18-28)20-32(62(58,59)60)36(38(30)52)46-44-26-9-3-22(4-10-26)6-16-34(49)50/h1-20,43-44H,(H,41,53)(H,42,54)(H,47,48)(H,49,50)(H,55,56,57)(H,58,59,60)/b15-5+,16-6+,45-35-,46-36-. The van der Waals surface area contributed by atoms with Crippen LogP contribution in [-0.2, 0) is 39.4 Å². The smallest absolute Gasteiger partial charge is 0.328 e. The number of amides is 2. The maximum absolute atomic E-state index is 13.4. The molecule has 2 amide bonds. The van der Waals surface area contributed by atoms with Crippen LogP contribution in [0.4, 0.5) is 22.7 Å². The van der Waals surface area contributed by atoms with E-state index in [-0.39, 0.29) is 45.0 Å². The Morgan fingerprint density at radius 1 is 0.516 bits per heavy atom. The molecular formula is C40H28N6O14S2. The number of hydrazone groups is 2. The molecule has 0 atom stereocenters. The Balaban J connectivity index is 1.16. The molecular weight excluding hydrogens is 853 g/mol. The Kier molecular flexibility index (Phi) is 12.3. The highest BCUT2D eigenvalue weighted by molar-refractivity contribution is 7.91. The first-order valence-electron chi connectivity index (χ1n) is 17.4. The van der Waals surface area contributed by atoms with E-state index in [0.29, 0.717) is 11.1 Å². The van der Waals surface area contributed by atoms with E-state index < -0.39 is 76.8 Å². The molecule has 6 rings (SSSR count). The zero-order chi connectivity index (χ0) is 44.9. The van der Waals surface area contributed by atoms with Crippen LogP contribution in [0.1, 0.15) is 43.0 Å². The lowest BCUT2D eigenvalue weighted by Gasteiger charge is -2.18. The van der Waals surface area contributed by atoms with E-state index in [2.05, 4.69) is 31.7 Å². The molecule has 4 aromatic rings. The van der Waals surface area contributed by atoms with Crippen LogP contribution < -0.4 is 21.5 Å². The van der Waals surface area contributed by atoms with Gasteiger partial charge in [0.15, 0.2) is 11.4 Å². The minimum atomic E-state index is -5.05. The van der Waals surface area contributed by atoms with Crippen molar-refractivity contribution >= 4 is 114 Å². The van der Waals surface area contributed by atoms with Crippen LogP contribution >= 0.6 is 0 Å². The van der Waals surface area contributed by atoms with Gasteiger partial charge in [-0.2, -0.15) is 27.0 Å². The average molecular weight is 881 g/mol. The van der Waals surface area contributed by atoms with Crippen LogP contribution in [0.25, 0.3) is 24.3 Å². The van der Waals surface area contributed by atoms with Gasteiger partial charge in [0.25, 0.3) is 20.2 Å². The van der Waals surface area contributed by atoms with Crippen LogP contribution in [0, 0.1) is 0 Å².